The molecule has 2 aliphatic rings. The van der Waals surface area contributed by atoms with E-state index in [2.05, 4.69) is 23.2 Å². The van der Waals surface area contributed by atoms with Crippen LogP contribution in [0.3, 0.4) is 0 Å². The number of hydrazone groups is 1. The van der Waals surface area contributed by atoms with Crippen molar-refractivity contribution in [1.29, 1.82) is 0 Å². The molecule has 6 nitrogen and oxygen atoms in total. The summed E-state index contributed by atoms with van der Waals surface area (Å²) >= 11 is 0. The van der Waals surface area contributed by atoms with Crippen molar-refractivity contribution in [3.05, 3.63) is 83.7 Å². The Morgan fingerprint density at radius 1 is 1.10 bits per heavy atom. The van der Waals surface area contributed by atoms with E-state index < -0.39 is 0 Å². The van der Waals surface area contributed by atoms with Gasteiger partial charge in [-0.05, 0) is 48.9 Å². The average molecular weight is 401 g/mol. The molecule has 0 bridgehead atoms. The fourth-order valence-corrected chi connectivity index (χ4v) is 4.07. The van der Waals surface area contributed by atoms with Crippen LogP contribution in [0.1, 0.15) is 42.3 Å². The van der Waals surface area contributed by atoms with E-state index in [0.29, 0.717) is 6.61 Å². The molecule has 0 unspecified atom stereocenters. The van der Waals surface area contributed by atoms with Gasteiger partial charge in [-0.15, -0.1) is 0 Å². The second-order valence-electron chi connectivity index (χ2n) is 7.24. The van der Waals surface area contributed by atoms with Gasteiger partial charge in [0.2, 0.25) is 6.23 Å². The highest BCUT2D eigenvalue weighted by Crippen LogP contribution is 2.50. The average Bonchev–Trinajstić information content (AvgIpc) is 3.25. The zero-order valence-electron chi connectivity index (χ0n) is 17.0. The van der Waals surface area contributed by atoms with E-state index in [4.69, 9.17) is 19.3 Å². The van der Waals surface area contributed by atoms with Crippen LogP contribution in [-0.4, -0.2) is 29.4 Å². The molecule has 3 aromatic rings. The second-order valence-corrected chi connectivity index (χ2v) is 7.24. The molecule has 5 rings (SSSR count). The molecule has 0 spiro atoms. The predicted molar refractivity (Wildman–Crippen MR) is 114 cm³/mol. The molecule has 2 atom stereocenters. The normalized spacial score (nSPS) is 19.4. The van der Waals surface area contributed by atoms with Gasteiger partial charge in [-0.2, -0.15) is 5.10 Å². The van der Waals surface area contributed by atoms with Gasteiger partial charge in [-0.3, -0.25) is 4.98 Å². The van der Waals surface area contributed by atoms with Crippen LogP contribution in [0, 0.1) is 0 Å². The number of aromatic nitrogens is 1. The number of fused-ring (bicyclic) bond motifs is 3. The van der Waals surface area contributed by atoms with Crippen molar-refractivity contribution < 1.29 is 14.2 Å². The van der Waals surface area contributed by atoms with Crippen LogP contribution in [0.25, 0.3) is 0 Å². The van der Waals surface area contributed by atoms with E-state index in [0.717, 1.165) is 46.1 Å². The Morgan fingerprint density at radius 3 is 2.70 bits per heavy atom. The summed E-state index contributed by atoms with van der Waals surface area (Å²) in [5.74, 6) is 2.37. The Kier molecular flexibility index (Phi) is 4.75. The topological polar surface area (TPSA) is 56.2 Å². The summed E-state index contributed by atoms with van der Waals surface area (Å²) < 4.78 is 17.6. The summed E-state index contributed by atoms with van der Waals surface area (Å²) in [7, 11) is 1.67. The third kappa shape index (κ3) is 3.14. The van der Waals surface area contributed by atoms with Gasteiger partial charge in [-0.1, -0.05) is 18.2 Å². The Morgan fingerprint density at radius 2 is 1.97 bits per heavy atom. The molecule has 0 saturated heterocycles. The molecule has 0 amide bonds. The molecule has 0 N–H and O–H groups in total. The molecule has 2 aromatic carbocycles. The number of benzene rings is 2. The first-order valence-electron chi connectivity index (χ1n) is 10.1. The van der Waals surface area contributed by atoms with Crippen molar-refractivity contribution in [1.82, 2.24) is 9.99 Å². The number of ether oxygens (including phenoxy) is 3. The van der Waals surface area contributed by atoms with Crippen LogP contribution in [0.15, 0.2) is 72.1 Å². The van der Waals surface area contributed by atoms with E-state index in [9.17, 15) is 0 Å². The highest BCUT2D eigenvalue weighted by Gasteiger charge is 2.42. The zero-order chi connectivity index (χ0) is 20.5. The SMILES string of the molecule is CCOc1ccc(C2=NN3[C@@H](C2)c2cccc(OC)c2O[C@H]3c2cccnc2)cc1. The van der Waals surface area contributed by atoms with Gasteiger partial charge in [0, 0.05) is 29.9 Å². The smallest absolute Gasteiger partial charge is 0.215 e. The Balaban J connectivity index is 1.55. The van der Waals surface area contributed by atoms with Crippen molar-refractivity contribution in [3.8, 4) is 17.2 Å². The third-order valence-corrected chi connectivity index (χ3v) is 5.47. The zero-order valence-corrected chi connectivity index (χ0v) is 17.0. The Labute approximate surface area is 175 Å². The van der Waals surface area contributed by atoms with Crippen LogP contribution in [-0.2, 0) is 0 Å². The summed E-state index contributed by atoms with van der Waals surface area (Å²) in [5, 5.41) is 7.03. The lowest BCUT2D eigenvalue weighted by molar-refractivity contribution is -0.0211. The highest BCUT2D eigenvalue weighted by molar-refractivity contribution is 6.02. The molecule has 1 aromatic heterocycles. The maximum absolute atomic E-state index is 6.42. The summed E-state index contributed by atoms with van der Waals surface area (Å²) in [6.45, 7) is 2.64. The van der Waals surface area contributed by atoms with E-state index in [1.807, 2.05) is 54.5 Å². The molecular formula is C24H23N3O3. The maximum atomic E-state index is 6.42. The number of rotatable bonds is 5. The lowest BCUT2D eigenvalue weighted by Gasteiger charge is -2.38. The summed E-state index contributed by atoms with van der Waals surface area (Å²) in [5.41, 5.74) is 4.15. The minimum absolute atomic E-state index is 0.0654. The standard InChI is InChI=1S/C24H23N3O3/c1-3-29-18-11-9-16(10-12-18)20-14-21-19-7-4-8-22(28-2)23(19)30-24(27(21)26-20)17-6-5-13-25-15-17/h4-13,15,21,24H,3,14H2,1-2H3/t21-,24-/m0/s1. The van der Waals surface area contributed by atoms with Gasteiger partial charge in [-0.25, -0.2) is 5.01 Å². The minimum Gasteiger partial charge on any atom is -0.494 e. The van der Waals surface area contributed by atoms with E-state index >= 15 is 0 Å². The van der Waals surface area contributed by atoms with Crippen molar-refractivity contribution >= 4 is 5.71 Å². The molecule has 30 heavy (non-hydrogen) atoms. The first kappa shape index (κ1) is 18.5. The predicted octanol–water partition coefficient (Wildman–Crippen LogP) is 4.73. The van der Waals surface area contributed by atoms with Gasteiger partial charge in [0.25, 0.3) is 0 Å². The highest BCUT2D eigenvalue weighted by atomic mass is 16.5. The summed E-state index contributed by atoms with van der Waals surface area (Å²) in [6.07, 6.45) is 4.00. The summed E-state index contributed by atoms with van der Waals surface area (Å²) in [6, 6.07) is 18.1. The van der Waals surface area contributed by atoms with E-state index in [1.54, 1.807) is 13.3 Å². The number of nitrogens with zero attached hydrogens (tertiary/aromatic N) is 3. The molecule has 2 aliphatic heterocycles. The number of pyridine rings is 1. The van der Waals surface area contributed by atoms with E-state index in [-0.39, 0.29) is 12.3 Å². The van der Waals surface area contributed by atoms with Crippen LogP contribution < -0.4 is 14.2 Å². The molecule has 152 valence electrons. The van der Waals surface area contributed by atoms with Crippen molar-refractivity contribution in [2.75, 3.05) is 13.7 Å². The molecule has 0 aliphatic carbocycles. The minimum atomic E-state index is -0.368. The fraction of sp³-hybridized carbons (Fsp3) is 0.250. The lowest BCUT2D eigenvalue weighted by atomic mass is 9.95. The van der Waals surface area contributed by atoms with Gasteiger partial charge in [0.05, 0.1) is 25.5 Å². The summed E-state index contributed by atoms with van der Waals surface area (Å²) in [4.78, 5) is 4.28. The second kappa shape index (κ2) is 7.71. The number of hydrogen-bond acceptors (Lipinski definition) is 6. The molecule has 6 heteroatoms. The largest absolute Gasteiger partial charge is 0.494 e. The lowest BCUT2D eigenvalue weighted by Crippen LogP contribution is -2.33. The first-order valence-corrected chi connectivity index (χ1v) is 10.1. The molecule has 0 saturated carbocycles. The van der Waals surface area contributed by atoms with Crippen LogP contribution in [0.4, 0.5) is 0 Å². The fourth-order valence-electron chi connectivity index (χ4n) is 4.07. The van der Waals surface area contributed by atoms with Gasteiger partial charge in [0.1, 0.15) is 5.75 Å². The molecule has 0 fully saturated rings. The van der Waals surface area contributed by atoms with Crippen LogP contribution in [0.5, 0.6) is 17.2 Å². The van der Waals surface area contributed by atoms with Crippen LogP contribution in [0.2, 0.25) is 0 Å². The molecule has 0 radical (unpaired) electrons. The van der Waals surface area contributed by atoms with Crippen LogP contribution >= 0.6 is 0 Å². The van der Waals surface area contributed by atoms with Gasteiger partial charge in [0.15, 0.2) is 11.5 Å². The van der Waals surface area contributed by atoms with Gasteiger partial charge < -0.3 is 14.2 Å². The Hall–Kier alpha value is -3.54. The van der Waals surface area contributed by atoms with E-state index in [1.165, 1.54) is 0 Å². The van der Waals surface area contributed by atoms with Crippen molar-refractivity contribution in [2.24, 2.45) is 5.10 Å². The van der Waals surface area contributed by atoms with Crippen molar-refractivity contribution in [2.45, 2.75) is 25.6 Å². The Bertz CT molecular complexity index is 1070. The monoisotopic (exact) mass is 401 g/mol. The quantitative estimate of drug-likeness (QED) is 0.619. The third-order valence-electron chi connectivity index (χ3n) is 5.47. The van der Waals surface area contributed by atoms with Crippen molar-refractivity contribution in [3.63, 3.8) is 0 Å². The molecular weight excluding hydrogens is 378 g/mol. The van der Waals surface area contributed by atoms with Gasteiger partial charge >= 0.3 is 0 Å². The number of hydrogen-bond donors (Lipinski definition) is 0. The number of methoxy groups -OCH3 is 1. The molecule has 3 heterocycles. The maximum Gasteiger partial charge on any atom is 0.215 e. The first-order chi connectivity index (χ1) is 14.8. The number of para-hydroxylation sites is 1.